The lowest BCUT2D eigenvalue weighted by Gasteiger charge is -2.39. The van der Waals surface area contributed by atoms with Crippen LogP contribution in [0.25, 0.3) is 0 Å². The monoisotopic (exact) mass is 321 g/mol. The van der Waals surface area contributed by atoms with Gasteiger partial charge in [-0.05, 0) is 37.5 Å². The lowest BCUT2D eigenvalue weighted by molar-refractivity contribution is -0.159. The standard InChI is InChI=1S/C17H23NO5/c1-13-5-3-6-14(9-13)23-10-15(19)18-8-4-7-17(11-18,12-22-2)16(20)21/h3,5-6,9H,4,7-8,10-12H2,1-2H3,(H,20,21). The van der Waals surface area contributed by atoms with Crippen molar-refractivity contribution in [3.63, 3.8) is 0 Å². The summed E-state index contributed by atoms with van der Waals surface area (Å²) in [4.78, 5) is 25.5. The molecule has 1 aliphatic rings. The fraction of sp³-hybridized carbons (Fsp3) is 0.529. The molecule has 1 amide bonds. The Bertz CT molecular complexity index is 570. The molecule has 0 saturated carbocycles. The molecule has 0 radical (unpaired) electrons. The van der Waals surface area contributed by atoms with E-state index in [1.54, 1.807) is 11.0 Å². The zero-order valence-corrected chi connectivity index (χ0v) is 13.6. The largest absolute Gasteiger partial charge is 0.484 e. The van der Waals surface area contributed by atoms with Crippen molar-refractivity contribution in [3.05, 3.63) is 29.8 Å². The molecule has 1 fully saturated rings. The second kappa shape index (κ2) is 7.46. The van der Waals surface area contributed by atoms with E-state index in [2.05, 4.69) is 0 Å². The van der Waals surface area contributed by atoms with Crippen LogP contribution in [-0.2, 0) is 14.3 Å². The summed E-state index contributed by atoms with van der Waals surface area (Å²) >= 11 is 0. The predicted molar refractivity (Wildman–Crippen MR) is 84.4 cm³/mol. The van der Waals surface area contributed by atoms with E-state index in [4.69, 9.17) is 9.47 Å². The van der Waals surface area contributed by atoms with Crippen molar-refractivity contribution in [2.24, 2.45) is 5.41 Å². The summed E-state index contributed by atoms with van der Waals surface area (Å²) < 4.78 is 10.6. The summed E-state index contributed by atoms with van der Waals surface area (Å²) in [5.74, 6) is -0.485. The lowest BCUT2D eigenvalue weighted by atomic mass is 9.80. The highest BCUT2D eigenvalue weighted by molar-refractivity contribution is 5.80. The molecule has 2 rings (SSSR count). The van der Waals surface area contributed by atoms with Crippen LogP contribution in [0.1, 0.15) is 18.4 Å². The van der Waals surface area contributed by atoms with Crippen LogP contribution in [0.2, 0.25) is 0 Å². The van der Waals surface area contributed by atoms with Crippen molar-refractivity contribution in [1.82, 2.24) is 4.90 Å². The first-order valence-corrected chi connectivity index (χ1v) is 7.66. The highest BCUT2D eigenvalue weighted by Gasteiger charge is 2.43. The first kappa shape index (κ1) is 17.3. The number of carboxylic acid groups (broad SMARTS) is 1. The van der Waals surface area contributed by atoms with Gasteiger partial charge in [-0.15, -0.1) is 0 Å². The van der Waals surface area contributed by atoms with E-state index in [0.29, 0.717) is 25.1 Å². The third kappa shape index (κ3) is 4.22. The number of aryl methyl sites for hydroxylation is 1. The number of likely N-dealkylation sites (tertiary alicyclic amines) is 1. The molecular weight excluding hydrogens is 298 g/mol. The molecule has 23 heavy (non-hydrogen) atoms. The van der Waals surface area contributed by atoms with Crippen molar-refractivity contribution >= 4 is 11.9 Å². The van der Waals surface area contributed by atoms with Crippen LogP contribution in [0.15, 0.2) is 24.3 Å². The second-order valence-electron chi connectivity index (χ2n) is 6.04. The summed E-state index contributed by atoms with van der Waals surface area (Å²) in [6, 6.07) is 7.47. The smallest absolute Gasteiger partial charge is 0.313 e. The number of hydrogen-bond acceptors (Lipinski definition) is 4. The van der Waals surface area contributed by atoms with Crippen LogP contribution < -0.4 is 4.74 Å². The molecule has 6 heteroatoms. The summed E-state index contributed by atoms with van der Waals surface area (Å²) in [5.41, 5.74) is 0.0318. The minimum atomic E-state index is -1.02. The third-order valence-corrected chi connectivity index (χ3v) is 4.16. The Hall–Kier alpha value is -2.08. The number of methoxy groups -OCH3 is 1. The molecule has 1 N–H and O–H groups in total. The van der Waals surface area contributed by atoms with Crippen LogP contribution in [-0.4, -0.2) is 55.3 Å². The zero-order chi connectivity index (χ0) is 16.9. The van der Waals surface area contributed by atoms with Crippen molar-refractivity contribution in [1.29, 1.82) is 0 Å². The first-order chi connectivity index (χ1) is 11.0. The average Bonchev–Trinajstić information content (AvgIpc) is 2.53. The van der Waals surface area contributed by atoms with Crippen LogP contribution in [0.4, 0.5) is 0 Å². The quantitative estimate of drug-likeness (QED) is 0.863. The second-order valence-corrected chi connectivity index (χ2v) is 6.04. The summed E-state index contributed by atoms with van der Waals surface area (Å²) in [5, 5.41) is 9.51. The van der Waals surface area contributed by atoms with E-state index < -0.39 is 11.4 Å². The van der Waals surface area contributed by atoms with Gasteiger partial charge in [-0.1, -0.05) is 12.1 Å². The summed E-state index contributed by atoms with van der Waals surface area (Å²) in [6.45, 7) is 2.67. The molecular formula is C17H23NO5. The Kier molecular flexibility index (Phi) is 5.60. The van der Waals surface area contributed by atoms with Gasteiger partial charge in [-0.3, -0.25) is 9.59 Å². The van der Waals surface area contributed by atoms with Gasteiger partial charge in [0.15, 0.2) is 6.61 Å². The Labute approximate surface area is 136 Å². The fourth-order valence-electron chi connectivity index (χ4n) is 2.92. The summed E-state index contributed by atoms with van der Waals surface area (Å²) in [6.07, 6.45) is 1.16. The van der Waals surface area contributed by atoms with Gasteiger partial charge in [0, 0.05) is 20.2 Å². The molecule has 126 valence electrons. The average molecular weight is 321 g/mol. The van der Waals surface area contributed by atoms with Gasteiger partial charge in [-0.25, -0.2) is 0 Å². The van der Waals surface area contributed by atoms with Gasteiger partial charge >= 0.3 is 5.97 Å². The van der Waals surface area contributed by atoms with E-state index in [1.165, 1.54) is 7.11 Å². The van der Waals surface area contributed by atoms with Crippen LogP contribution in [0.3, 0.4) is 0 Å². The Balaban J connectivity index is 1.97. The highest BCUT2D eigenvalue weighted by atomic mass is 16.5. The molecule has 0 aromatic heterocycles. The molecule has 0 aliphatic carbocycles. The van der Waals surface area contributed by atoms with E-state index in [1.807, 2.05) is 25.1 Å². The van der Waals surface area contributed by atoms with E-state index in [9.17, 15) is 14.7 Å². The molecule has 1 heterocycles. The molecule has 1 saturated heterocycles. The maximum Gasteiger partial charge on any atom is 0.313 e. The molecule has 1 atom stereocenters. The molecule has 1 unspecified atom stereocenters. The Morgan fingerprint density at radius 3 is 2.83 bits per heavy atom. The van der Waals surface area contributed by atoms with Crippen molar-refractivity contribution in [3.8, 4) is 5.75 Å². The SMILES string of the molecule is COCC1(C(=O)O)CCCN(C(=O)COc2cccc(C)c2)C1. The molecule has 0 bridgehead atoms. The van der Waals surface area contributed by atoms with Gasteiger partial charge in [0.1, 0.15) is 11.2 Å². The van der Waals surface area contributed by atoms with Gasteiger partial charge < -0.3 is 19.5 Å². The minimum absolute atomic E-state index is 0.0911. The van der Waals surface area contributed by atoms with Gasteiger partial charge in [-0.2, -0.15) is 0 Å². The van der Waals surface area contributed by atoms with Crippen LogP contribution in [0, 0.1) is 12.3 Å². The molecule has 6 nitrogen and oxygen atoms in total. The van der Waals surface area contributed by atoms with Gasteiger partial charge in [0.2, 0.25) is 0 Å². The number of aliphatic carboxylic acids is 1. The van der Waals surface area contributed by atoms with Crippen molar-refractivity contribution < 1.29 is 24.2 Å². The predicted octanol–water partition coefficient (Wildman–Crippen LogP) is 1.71. The van der Waals surface area contributed by atoms with E-state index in [0.717, 1.165) is 5.56 Å². The van der Waals surface area contributed by atoms with Crippen LogP contribution >= 0.6 is 0 Å². The molecule has 0 spiro atoms. The number of piperidine rings is 1. The number of rotatable bonds is 6. The van der Waals surface area contributed by atoms with Crippen molar-refractivity contribution in [2.45, 2.75) is 19.8 Å². The van der Waals surface area contributed by atoms with Gasteiger partial charge in [0.05, 0.1) is 6.61 Å². The Morgan fingerprint density at radius 2 is 2.17 bits per heavy atom. The first-order valence-electron chi connectivity index (χ1n) is 7.66. The third-order valence-electron chi connectivity index (χ3n) is 4.16. The highest BCUT2D eigenvalue weighted by Crippen LogP contribution is 2.31. The number of carbonyl (C=O) groups excluding carboxylic acids is 1. The van der Waals surface area contributed by atoms with E-state index in [-0.39, 0.29) is 25.7 Å². The molecule has 1 aromatic carbocycles. The van der Waals surface area contributed by atoms with E-state index >= 15 is 0 Å². The normalized spacial score (nSPS) is 21.0. The maximum absolute atomic E-state index is 12.3. The number of nitrogens with zero attached hydrogens (tertiary/aromatic N) is 1. The van der Waals surface area contributed by atoms with Crippen molar-refractivity contribution in [2.75, 3.05) is 33.4 Å². The number of carboxylic acids is 1. The van der Waals surface area contributed by atoms with Gasteiger partial charge in [0.25, 0.3) is 5.91 Å². The lowest BCUT2D eigenvalue weighted by Crippen LogP contribution is -2.53. The maximum atomic E-state index is 12.3. The number of hydrogen-bond donors (Lipinski definition) is 1. The minimum Gasteiger partial charge on any atom is -0.484 e. The molecule has 1 aliphatic heterocycles. The zero-order valence-electron chi connectivity index (χ0n) is 13.6. The number of benzene rings is 1. The topological polar surface area (TPSA) is 76.1 Å². The number of amides is 1. The Morgan fingerprint density at radius 1 is 1.39 bits per heavy atom. The number of carbonyl (C=O) groups is 2. The molecule has 1 aromatic rings. The summed E-state index contributed by atoms with van der Waals surface area (Å²) in [7, 11) is 1.48. The van der Waals surface area contributed by atoms with Crippen LogP contribution in [0.5, 0.6) is 5.75 Å². The fourth-order valence-corrected chi connectivity index (χ4v) is 2.92. The number of ether oxygens (including phenoxy) is 2.